The van der Waals surface area contributed by atoms with Gasteiger partial charge < -0.3 is 10.1 Å². The molecule has 0 atom stereocenters. The van der Waals surface area contributed by atoms with Gasteiger partial charge >= 0.3 is 5.97 Å². The standard InChI is InChI=1S/C13H15NO3S/c1-17-12(15)8-18-11-4-2-3-10(7-11)14-13(16)9-5-6-9/h2-4,7,9H,5-6,8H2,1H3,(H,14,16). The average molecular weight is 265 g/mol. The van der Waals surface area contributed by atoms with E-state index in [0.717, 1.165) is 23.4 Å². The molecule has 0 spiro atoms. The van der Waals surface area contributed by atoms with Gasteiger partial charge in [-0.25, -0.2) is 0 Å². The fourth-order valence-electron chi connectivity index (χ4n) is 1.45. The molecule has 1 aromatic carbocycles. The Morgan fingerprint density at radius 3 is 2.89 bits per heavy atom. The Morgan fingerprint density at radius 2 is 2.22 bits per heavy atom. The van der Waals surface area contributed by atoms with Crippen LogP contribution in [0, 0.1) is 5.92 Å². The van der Waals surface area contributed by atoms with Gasteiger partial charge in [0.1, 0.15) is 0 Å². The molecule has 1 aromatic rings. The molecule has 1 N–H and O–H groups in total. The van der Waals surface area contributed by atoms with Crippen LogP contribution in [0.2, 0.25) is 0 Å². The summed E-state index contributed by atoms with van der Waals surface area (Å²) in [6, 6.07) is 7.48. The summed E-state index contributed by atoms with van der Waals surface area (Å²) in [5.74, 6) is 0.296. The highest BCUT2D eigenvalue weighted by atomic mass is 32.2. The lowest BCUT2D eigenvalue weighted by Crippen LogP contribution is -2.13. The number of carbonyl (C=O) groups excluding carboxylic acids is 2. The second-order valence-electron chi connectivity index (χ2n) is 4.16. The maximum atomic E-state index is 11.6. The number of ether oxygens (including phenoxy) is 1. The Morgan fingerprint density at radius 1 is 1.44 bits per heavy atom. The second kappa shape index (κ2) is 5.91. The van der Waals surface area contributed by atoms with Gasteiger partial charge in [-0.2, -0.15) is 0 Å². The number of thioether (sulfide) groups is 1. The fraction of sp³-hybridized carbons (Fsp3) is 0.385. The van der Waals surface area contributed by atoms with Crippen molar-refractivity contribution in [2.45, 2.75) is 17.7 Å². The number of nitrogens with one attached hydrogen (secondary N) is 1. The van der Waals surface area contributed by atoms with Crippen LogP contribution in [0.5, 0.6) is 0 Å². The summed E-state index contributed by atoms with van der Waals surface area (Å²) in [7, 11) is 1.37. The normalized spacial score (nSPS) is 14.1. The number of esters is 1. The van der Waals surface area contributed by atoms with E-state index in [2.05, 4.69) is 10.1 Å². The second-order valence-corrected chi connectivity index (χ2v) is 5.20. The van der Waals surface area contributed by atoms with Gasteiger partial charge in [0, 0.05) is 16.5 Å². The van der Waals surface area contributed by atoms with Crippen LogP contribution in [-0.2, 0) is 14.3 Å². The monoisotopic (exact) mass is 265 g/mol. The first-order valence-electron chi connectivity index (χ1n) is 5.79. The Balaban J connectivity index is 1.91. The average Bonchev–Trinajstić information content (AvgIpc) is 3.20. The molecule has 0 aliphatic heterocycles. The lowest BCUT2D eigenvalue weighted by Gasteiger charge is -2.06. The maximum Gasteiger partial charge on any atom is 0.315 e. The molecule has 5 heteroatoms. The van der Waals surface area contributed by atoms with Crippen LogP contribution in [0.25, 0.3) is 0 Å². The Hall–Kier alpha value is -1.49. The first-order valence-corrected chi connectivity index (χ1v) is 6.78. The van der Waals surface area contributed by atoms with Crippen molar-refractivity contribution in [1.82, 2.24) is 0 Å². The van der Waals surface area contributed by atoms with E-state index in [0.29, 0.717) is 0 Å². The molecule has 1 saturated carbocycles. The Kier molecular flexibility index (Phi) is 4.25. The van der Waals surface area contributed by atoms with Gasteiger partial charge in [0.25, 0.3) is 0 Å². The molecule has 4 nitrogen and oxygen atoms in total. The number of anilines is 1. The van der Waals surface area contributed by atoms with Gasteiger partial charge in [-0.15, -0.1) is 11.8 Å². The smallest absolute Gasteiger partial charge is 0.315 e. The zero-order valence-corrected chi connectivity index (χ0v) is 11.0. The number of hydrogen-bond acceptors (Lipinski definition) is 4. The summed E-state index contributed by atoms with van der Waals surface area (Å²) in [4.78, 5) is 23.6. The lowest BCUT2D eigenvalue weighted by atomic mass is 10.3. The topological polar surface area (TPSA) is 55.4 Å². The van der Waals surface area contributed by atoms with Gasteiger partial charge in [0.2, 0.25) is 5.91 Å². The summed E-state index contributed by atoms with van der Waals surface area (Å²) < 4.78 is 4.58. The number of rotatable bonds is 5. The van der Waals surface area contributed by atoms with Gasteiger partial charge in [0.05, 0.1) is 12.9 Å². The van der Waals surface area contributed by atoms with Crippen molar-refractivity contribution in [2.75, 3.05) is 18.2 Å². The third-order valence-electron chi connectivity index (χ3n) is 2.63. The lowest BCUT2D eigenvalue weighted by molar-refractivity contribution is -0.137. The van der Waals surface area contributed by atoms with Crippen molar-refractivity contribution in [3.8, 4) is 0 Å². The number of benzene rings is 1. The van der Waals surface area contributed by atoms with Crippen LogP contribution >= 0.6 is 11.8 Å². The number of carbonyl (C=O) groups is 2. The zero-order chi connectivity index (χ0) is 13.0. The van der Waals surface area contributed by atoms with Crippen molar-refractivity contribution < 1.29 is 14.3 Å². The van der Waals surface area contributed by atoms with Crippen LogP contribution in [0.3, 0.4) is 0 Å². The van der Waals surface area contributed by atoms with E-state index in [9.17, 15) is 9.59 Å². The minimum Gasteiger partial charge on any atom is -0.468 e. The number of amides is 1. The predicted molar refractivity (Wildman–Crippen MR) is 70.5 cm³/mol. The van der Waals surface area contributed by atoms with Gasteiger partial charge in [-0.1, -0.05) is 6.07 Å². The molecule has 1 amide bonds. The minimum atomic E-state index is -0.257. The van der Waals surface area contributed by atoms with Crippen molar-refractivity contribution >= 4 is 29.3 Å². The molecule has 0 heterocycles. The minimum absolute atomic E-state index is 0.0881. The molecule has 96 valence electrons. The van der Waals surface area contributed by atoms with E-state index in [-0.39, 0.29) is 23.5 Å². The van der Waals surface area contributed by atoms with Gasteiger partial charge in [0.15, 0.2) is 0 Å². The summed E-state index contributed by atoms with van der Waals surface area (Å²) in [6.45, 7) is 0. The Bertz CT molecular complexity index is 457. The molecular weight excluding hydrogens is 250 g/mol. The van der Waals surface area contributed by atoms with Crippen LogP contribution in [0.4, 0.5) is 5.69 Å². The molecule has 0 aromatic heterocycles. The highest BCUT2D eigenvalue weighted by Gasteiger charge is 2.29. The maximum absolute atomic E-state index is 11.6. The van der Waals surface area contributed by atoms with Gasteiger partial charge in [-0.05, 0) is 31.0 Å². The molecule has 18 heavy (non-hydrogen) atoms. The quantitative estimate of drug-likeness (QED) is 0.655. The predicted octanol–water partition coefficient (Wildman–Crippen LogP) is 2.30. The summed E-state index contributed by atoms with van der Waals surface area (Å²) in [6.07, 6.45) is 1.98. The molecule has 0 saturated heterocycles. The number of methoxy groups -OCH3 is 1. The first kappa shape index (κ1) is 13.0. The summed E-state index contributed by atoms with van der Waals surface area (Å²) in [5.41, 5.74) is 0.779. The van der Waals surface area contributed by atoms with E-state index in [1.54, 1.807) is 0 Å². The van der Waals surface area contributed by atoms with Crippen molar-refractivity contribution in [1.29, 1.82) is 0 Å². The highest BCUT2D eigenvalue weighted by Crippen LogP contribution is 2.30. The Labute approximate surface area is 110 Å². The van der Waals surface area contributed by atoms with Crippen LogP contribution in [-0.4, -0.2) is 24.7 Å². The molecule has 1 aliphatic rings. The van der Waals surface area contributed by atoms with Gasteiger partial charge in [-0.3, -0.25) is 9.59 Å². The summed E-state index contributed by atoms with van der Waals surface area (Å²) in [5, 5.41) is 2.88. The van der Waals surface area contributed by atoms with E-state index in [4.69, 9.17) is 0 Å². The van der Waals surface area contributed by atoms with Crippen molar-refractivity contribution in [3.63, 3.8) is 0 Å². The molecule has 0 unspecified atom stereocenters. The van der Waals surface area contributed by atoms with Crippen LogP contribution < -0.4 is 5.32 Å². The van der Waals surface area contributed by atoms with Crippen LogP contribution in [0.1, 0.15) is 12.8 Å². The fourth-order valence-corrected chi connectivity index (χ4v) is 2.24. The molecule has 1 aliphatic carbocycles. The van der Waals surface area contributed by atoms with Crippen molar-refractivity contribution in [3.05, 3.63) is 24.3 Å². The third kappa shape index (κ3) is 3.77. The number of hydrogen-bond donors (Lipinski definition) is 1. The molecule has 0 radical (unpaired) electrons. The largest absolute Gasteiger partial charge is 0.468 e. The highest BCUT2D eigenvalue weighted by molar-refractivity contribution is 8.00. The van der Waals surface area contributed by atoms with E-state index in [1.165, 1.54) is 18.9 Å². The SMILES string of the molecule is COC(=O)CSc1cccc(NC(=O)C2CC2)c1. The molecule has 0 bridgehead atoms. The van der Waals surface area contributed by atoms with Crippen LogP contribution in [0.15, 0.2) is 29.2 Å². The summed E-state index contributed by atoms with van der Waals surface area (Å²) >= 11 is 1.39. The zero-order valence-electron chi connectivity index (χ0n) is 10.1. The molecule has 2 rings (SSSR count). The van der Waals surface area contributed by atoms with Crippen molar-refractivity contribution in [2.24, 2.45) is 5.92 Å². The first-order chi connectivity index (χ1) is 8.69. The van der Waals surface area contributed by atoms with E-state index >= 15 is 0 Å². The van der Waals surface area contributed by atoms with E-state index < -0.39 is 0 Å². The van der Waals surface area contributed by atoms with E-state index in [1.807, 2.05) is 24.3 Å². The molecule has 1 fully saturated rings. The molecular formula is C13H15NO3S. The third-order valence-corrected chi connectivity index (χ3v) is 3.60.